The Bertz CT molecular complexity index is 641. The molecule has 1 heterocycles. The fraction of sp³-hybridized carbons (Fsp3) is 0.625. The van der Waals surface area contributed by atoms with Crippen LogP contribution in [0.3, 0.4) is 0 Å². The molecule has 140 valence electrons. The molecule has 0 aliphatic rings. The maximum Gasteiger partial charge on any atom is 0.425 e. The third kappa shape index (κ3) is 5.70. The summed E-state index contributed by atoms with van der Waals surface area (Å²) in [4.78, 5) is 37.7. The lowest BCUT2D eigenvalue weighted by Gasteiger charge is -2.27. The van der Waals surface area contributed by atoms with E-state index in [1.807, 2.05) is 0 Å². The molecule has 0 aromatic carbocycles. The summed E-state index contributed by atoms with van der Waals surface area (Å²) in [5.41, 5.74) is -1.33. The normalized spacial score (nSPS) is 11.7. The van der Waals surface area contributed by atoms with Gasteiger partial charge < -0.3 is 14.2 Å². The molecular formula is C16H24N2O6S. The Morgan fingerprint density at radius 3 is 1.76 bits per heavy atom. The van der Waals surface area contributed by atoms with E-state index in [0.717, 1.165) is 11.5 Å². The molecule has 0 radical (unpaired) electrons. The first-order chi connectivity index (χ1) is 11.3. The van der Waals surface area contributed by atoms with E-state index in [1.165, 1.54) is 7.11 Å². The van der Waals surface area contributed by atoms with Gasteiger partial charge in [0, 0.05) is 5.56 Å². The summed E-state index contributed by atoms with van der Waals surface area (Å²) in [6.07, 6.45) is -1.88. The molecule has 0 N–H and O–H groups in total. The van der Waals surface area contributed by atoms with Crippen LogP contribution in [0.15, 0.2) is 0 Å². The minimum Gasteiger partial charge on any atom is -0.465 e. The molecule has 1 aromatic rings. The predicted molar refractivity (Wildman–Crippen MR) is 93.1 cm³/mol. The van der Waals surface area contributed by atoms with Gasteiger partial charge in [-0.1, -0.05) is 0 Å². The van der Waals surface area contributed by atoms with E-state index in [9.17, 15) is 14.4 Å². The molecule has 0 saturated carbocycles. The van der Waals surface area contributed by atoms with Crippen LogP contribution in [-0.4, -0.2) is 40.8 Å². The zero-order valence-corrected chi connectivity index (χ0v) is 16.6. The minimum absolute atomic E-state index is 0.0195. The van der Waals surface area contributed by atoms with E-state index in [1.54, 1.807) is 48.5 Å². The van der Waals surface area contributed by atoms with Crippen molar-refractivity contribution >= 4 is 35.5 Å². The van der Waals surface area contributed by atoms with Crippen LogP contribution in [-0.2, 0) is 14.2 Å². The van der Waals surface area contributed by atoms with Crippen molar-refractivity contribution in [3.8, 4) is 0 Å². The second-order valence-electron chi connectivity index (χ2n) is 7.25. The predicted octanol–water partition coefficient (Wildman–Crippen LogP) is 3.91. The third-order valence-electron chi connectivity index (χ3n) is 2.63. The molecule has 8 nitrogen and oxygen atoms in total. The van der Waals surface area contributed by atoms with Crippen molar-refractivity contribution in [1.82, 2.24) is 4.37 Å². The minimum atomic E-state index is -0.938. The second-order valence-corrected chi connectivity index (χ2v) is 8.02. The largest absolute Gasteiger partial charge is 0.465 e. The molecule has 2 amide bonds. The third-order valence-corrected chi connectivity index (χ3v) is 3.55. The van der Waals surface area contributed by atoms with Gasteiger partial charge in [0.05, 0.1) is 7.11 Å². The van der Waals surface area contributed by atoms with Crippen LogP contribution in [0.4, 0.5) is 15.4 Å². The van der Waals surface area contributed by atoms with Gasteiger partial charge in [-0.3, -0.25) is 0 Å². The Hall–Kier alpha value is -2.16. The van der Waals surface area contributed by atoms with Crippen LogP contribution in [0, 0.1) is 6.92 Å². The molecule has 0 atom stereocenters. The Labute approximate surface area is 151 Å². The van der Waals surface area contributed by atoms with Gasteiger partial charge in [-0.05, 0) is 60.0 Å². The number of esters is 1. The van der Waals surface area contributed by atoms with Crippen LogP contribution in [0.5, 0.6) is 0 Å². The van der Waals surface area contributed by atoms with Crippen molar-refractivity contribution in [2.24, 2.45) is 0 Å². The van der Waals surface area contributed by atoms with Crippen LogP contribution < -0.4 is 4.90 Å². The Balaban J connectivity index is 3.32. The lowest BCUT2D eigenvalue weighted by molar-refractivity contribution is 0.0427. The first kappa shape index (κ1) is 20.9. The highest BCUT2D eigenvalue weighted by Gasteiger charge is 2.36. The van der Waals surface area contributed by atoms with E-state index in [2.05, 4.69) is 9.11 Å². The van der Waals surface area contributed by atoms with Gasteiger partial charge in [-0.25, -0.2) is 14.4 Å². The lowest BCUT2D eigenvalue weighted by Crippen LogP contribution is -2.44. The number of rotatable bonds is 2. The first-order valence-electron chi connectivity index (χ1n) is 7.57. The smallest absolute Gasteiger partial charge is 0.425 e. The summed E-state index contributed by atoms with van der Waals surface area (Å²) in [5, 5.41) is 0. The summed E-state index contributed by atoms with van der Waals surface area (Å²) < 4.78 is 19.3. The number of nitrogens with zero attached hydrogens (tertiary/aromatic N) is 2. The summed E-state index contributed by atoms with van der Waals surface area (Å²) in [7, 11) is 1.24. The zero-order chi connectivity index (χ0) is 19.6. The topological polar surface area (TPSA) is 95.0 Å². The molecule has 0 bridgehead atoms. The summed E-state index contributed by atoms with van der Waals surface area (Å²) >= 11 is 0.826. The Morgan fingerprint density at radius 1 is 0.960 bits per heavy atom. The zero-order valence-electron chi connectivity index (χ0n) is 15.8. The van der Waals surface area contributed by atoms with Crippen molar-refractivity contribution in [2.45, 2.75) is 59.7 Å². The van der Waals surface area contributed by atoms with E-state index >= 15 is 0 Å². The van der Waals surface area contributed by atoms with Gasteiger partial charge in [0.2, 0.25) is 0 Å². The summed E-state index contributed by atoms with van der Waals surface area (Å²) in [5.74, 6) is -0.622. The monoisotopic (exact) mass is 372 g/mol. The van der Waals surface area contributed by atoms with Gasteiger partial charge in [-0.15, -0.1) is 0 Å². The van der Waals surface area contributed by atoms with Crippen molar-refractivity contribution in [1.29, 1.82) is 0 Å². The number of imide groups is 1. The van der Waals surface area contributed by atoms with Crippen LogP contribution in [0.1, 0.15) is 56.8 Å². The van der Waals surface area contributed by atoms with Crippen molar-refractivity contribution in [3.05, 3.63) is 10.4 Å². The molecule has 0 aliphatic heterocycles. The summed E-state index contributed by atoms with van der Waals surface area (Å²) in [6.45, 7) is 11.6. The van der Waals surface area contributed by atoms with Crippen molar-refractivity contribution < 1.29 is 28.6 Å². The molecule has 0 saturated heterocycles. The van der Waals surface area contributed by atoms with Gasteiger partial charge in [0.1, 0.15) is 16.1 Å². The van der Waals surface area contributed by atoms with Gasteiger partial charge in [-0.2, -0.15) is 9.27 Å². The summed E-state index contributed by atoms with van der Waals surface area (Å²) in [6, 6.07) is 0. The van der Waals surface area contributed by atoms with E-state index in [0.29, 0.717) is 10.5 Å². The van der Waals surface area contributed by atoms with E-state index in [4.69, 9.17) is 9.47 Å². The van der Waals surface area contributed by atoms with Crippen molar-refractivity contribution in [3.63, 3.8) is 0 Å². The number of methoxy groups -OCH3 is 1. The highest BCUT2D eigenvalue weighted by atomic mass is 32.1. The van der Waals surface area contributed by atoms with E-state index < -0.39 is 29.4 Å². The van der Waals surface area contributed by atoms with Crippen LogP contribution >= 0.6 is 11.5 Å². The lowest BCUT2D eigenvalue weighted by atomic mass is 10.2. The second kappa shape index (κ2) is 7.38. The number of ether oxygens (including phenoxy) is 3. The Morgan fingerprint density at radius 2 is 1.40 bits per heavy atom. The van der Waals surface area contributed by atoms with Gasteiger partial charge in [0.25, 0.3) is 0 Å². The van der Waals surface area contributed by atoms with Gasteiger partial charge in [0.15, 0.2) is 5.82 Å². The first-order valence-corrected chi connectivity index (χ1v) is 8.35. The maximum absolute atomic E-state index is 12.5. The molecule has 1 rings (SSSR count). The highest BCUT2D eigenvalue weighted by Crippen LogP contribution is 2.29. The number of hydrogen-bond acceptors (Lipinski definition) is 8. The molecule has 9 heteroatoms. The molecule has 25 heavy (non-hydrogen) atoms. The molecule has 0 spiro atoms. The number of aromatic nitrogens is 1. The standard InChI is InChI=1S/C16H24N2O6S/c1-9-10(12(19)22-8)25-17-11(9)18(13(20)23-15(2,3)4)14(21)24-16(5,6)7/h1-8H3. The van der Waals surface area contributed by atoms with Crippen molar-refractivity contribution in [2.75, 3.05) is 12.0 Å². The van der Waals surface area contributed by atoms with E-state index in [-0.39, 0.29) is 10.7 Å². The van der Waals surface area contributed by atoms with Crippen LogP contribution in [0.2, 0.25) is 0 Å². The maximum atomic E-state index is 12.5. The van der Waals surface area contributed by atoms with Gasteiger partial charge >= 0.3 is 18.2 Å². The fourth-order valence-corrected chi connectivity index (χ4v) is 2.46. The average Bonchev–Trinajstić information content (AvgIpc) is 2.76. The number of carbonyl (C=O) groups is 3. The number of hydrogen-bond donors (Lipinski definition) is 0. The highest BCUT2D eigenvalue weighted by molar-refractivity contribution is 7.08. The SMILES string of the molecule is COC(=O)c1snc(N(C(=O)OC(C)(C)C)C(=O)OC(C)(C)C)c1C. The number of anilines is 1. The van der Waals surface area contributed by atoms with Crippen LogP contribution in [0.25, 0.3) is 0 Å². The molecular weight excluding hydrogens is 348 g/mol. The number of amides is 2. The molecule has 0 fully saturated rings. The quantitative estimate of drug-likeness (QED) is 0.573. The fourth-order valence-electron chi connectivity index (χ4n) is 1.68. The Kier molecular flexibility index (Phi) is 6.17. The molecule has 1 aromatic heterocycles. The molecule has 0 unspecified atom stereocenters. The average molecular weight is 372 g/mol. The molecule has 0 aliphatic carbocycles. The number of carbonyl (C=O) groups excluding carboxylic acids is 3.